The van der Waals surface area contributed by atoms with Gasteiger partial charge in [-0.05, 0) is 24.5 Å². The van der Waals surface area contributed by atoms with Gasteiger partial charge in [-0.25, -0.2) is 0 Å². The van der Waals surface area contributed by atoms with Crippen LogP contribution in [0, 0.1) is 5.92 Å². The number of aliphatic hydroxyl groups is 1. The molecule has 2 unspecified atom stereocenters. The summed E-state index contributed by atoms with van der Waals surface area (Å²) in [6, 6.07) is 7.41. The number of halogens is 1. The molecule has 2 atom stereocenters. The predicted octanol–water partition coefficient (Wildman–Crippen LogP) is 2.59. The molecule has 0 radical (unpaired) electrons. The number of aliphatic hydroxyl groups excluding tert-OH is 1. The Morgan fingerprint density at radius 2 is 2.24 bits per heavy atom. The van der Waals surface area contributed by atoms with E-state index in [2.05, 4.69) is 22.0 Å². The lowest BCUT2D eigenvalue weighted by Gasteiger charge is -2.33. The molecule has 1 aliphatic heterocycles. The van der Waals surface area contributed by atoms with E-state index in [0.29, 0.717) is 23.3 Å². The molecule has 0 amide bonds. The first-order valence-corrected chi connectivity index (χ1v) is 7.49. The quantitative estimate of drug-likeness (QED) is 0.944. The van der Waals surface area contributed by atoms with E-state index in [0.717, 1.165) is 25.1 Å². The van der Waals surface area contributed by atoms with Crippen LogP contribution in [0.4, 0.5) is 0 Å². The largest absolute Gasteiger partial charge is 0.393 e. The average molecular weight is 308 g/mol. The van der Waals surface area contributed by atoms with Crippen LogP contribution in [-0.2, 0) is 6.54 Å². The van der Waals surface area contributed by atoms with Crippen LogP contribution in [0.15, 0.2) is 28.8 Å². The maximum absolute atomic E-state index is 9.75. The zero-order chi connectivity index (χ0) is 14.8. The van der Waals surface area contributed by atoms with E-state index >= 15 is 0 Å². The van der Waals surface area contributed by atoms with Gasteiger partial charge in [-0.2, -0.15) is 4.98 Å². The molecule has 3 rings (SSSR count). The minimum absolute atomic E-state index is 0.204. The van der Waals surface area contributed by atoms with Gasteiger partial charge in [0.25, 0.3) is 5.89 Å². The summed E-state index contributed by atoms with van der Waals surface area (Å²) in [5, 5.41) is 14.4. The molecule has 0 saturated carbocycles. The lowest BCUT2D eigenvalue weighted by Crippen LogP contribution is -2.41. The molecule has 1 fully saturated rings. The van der Waals surface area contributed by atoms with Crippen molar-refractivity contribution in [3.8, 4) is 11.5 Å². The summed E-state index contributed by atoms with van der Waals surface area (Å²) >= 11 is 6.13. The lowest BCUT2D eigenvalue weighted by atomic mass is 9.97. The van der Waals surface area contributed by atoms with E-state index in [1.807, 2.05) is 18.2 Å². The van der Waals surface area contributed by atoms with Crippen LogP contribution in [0.1, 0.15) is 19.2 Å². The van der Waals surface area contributed by atoms with Crippen LogP contribution in [0.3, 0.4) is 0 Å². The summed E-state index contributed by atoms with van der Waals surface area (Å²) in [7, 11) is 0. The minimum Gasteiger partial charge on any atom is -0.393 e. The topological polar surface area (TPSA) is 62.4 Å². The van der Waals surface area contributed by atoms with Gasteiger partial charge in [-0.15, -0.1) is 0 Å². The Labute approximate surface area is 128 Å². The van der Waals surface area contributed by atoms with Crippen molar-refractivity contribution in [1.82, 2.24) is 15.0 Å². The number of aromatic nitrogens is 2. The predicted molar refractivity (Wildman–Crippen MR) is 79.8 cm³/mol. The van der Waals surface area contributed by atoms with E-state index in [9.17, 15) is 5.11 Å². The van der Waals surface area contributed by atoms with Crippen molar-refractivity contribution < 1.29 is 9.63 Å². The minimum atomic E-state index is -0.204. The van der Waals surface area contributed by atoms with Gasteiger partial charge < -0.3 is 9.63 Å². The Balaban J connectivity index is 1.70. The second-order valence-corrected chi connectivity index (χ2v) is 5.97. The molecule has 6 heteroatoms. The fraction of sp³-hybridized carbons (Fsp3) is 0.467. The van der Waals surface area contributed by atoms with Crippen molar-refractivity contribution in [1.29, 1.82) is 0 Å². The number of piperidine rings is 1. The highest BCUT2D eigenvalue weighted by Crippen LogP contribution is 2.26. The smallest absolute Gasteiger partial charge is 0.259 e. The summed E-state index contributed by atoms with van der Waals surface area (Å²) in [5.41, 5.74) is 0.750. The highest BCUT2D eigenvalue weighted by atomic mass is 35.5. The highest BCUT2D eigenvalue weighted by Gasteiger charge is 2.25. The zero-order valence-electron chi connectivity index (χ0n) is 11.9. The summed E-state index contributed by atoms with van der Waals surface area (Å²) in [6.45, 7) is 4.38. The summed E-state index contributed by atoms with van der Waals surface area (Å²) in [6.07, 6.45) is 0.585. The Hall–Kier alpha value is -1.43. The summed E-state index contributed by atoms with van der Waals surface area (Å²) in [5.74, 6) is 1.36. The third-order valence-electron chi connectivity index (χ3n) is 3.88. The van der Waals surface area contributed by atoms with Crippen LogP contribution >= 0.6 is 11.6 Å². The second kappa shape index (κ2) is 6.13. The molecular weight excluding hydrogens is 290 g/mol. The first-order chi connectivity index (χ1) is 10.1. The molecule has 1 saturated heterocycles. The van der Waals surface area contributed by atoms with Gasteiger partial charge in [0.05, 0.1) is 23.2 Å². The van der Waals surface area contributed by atoms with E-state index in [-0.39, 0.29) is 12.0 Å². The zero-order valence-corrected chi connectivity index (χ0v) is 12.6. The molecule has 1 aliphatic rings. The Bertz CT molecular complexity index is 616. The van der Waals surface area contributed by atoms with E-state index in [1.54, 1.807) is 6.07 Å². The van der Waals surface area contributed by atoms with Crippen molar-refractivity contribution >= 4 is 11.6 Å². The van der Waals surface area contributed by atoms with Gasteiger partial charge in [0.1, 0.15) is 0 Å². The van der Waals surface area contributed by atoms with Crippen molar-refractivity contribution in [3.05, 3.63) is 35.1 Å². The van der Waals surface area contributed by atoms with E-state index in [1.165, 1.54) is 0 Å². The van der Waals surface area contributed by atoms with Gasteiger partial charge in [-0.1, -0.05) is 35.8 Å². The first-order valence-electron chi connectivity index (χ1n) is 7.11. The van der Waals surface area contributed by atoms with Gasteiger partial charge in [0, 0.05) is 13.1 Å². The molecule has 0 spiro atoms. The molecule has 1 aromatic heterocycles. The number of nitrogens with zero attached hydrogens (tertiary/aromatic N) is 3. The molecule has 112 valence electrons. The molecule has 0 bridgehead atoms. The maximum Gasteiger partial charge on any atom is 0.259 e. The van der Waals surface area contributed by atoms with E-state index in [4.69, 9.17) is 16.1 Å². The second-order valence-electron chi connectivity index (χ2n) is 5.56. The van der Waals surface area contributed by atoms with Crippen LogP contribution < -0.4 is 0 Å². The van der Waals surface area contributed by atoms with Crippen molar-refractivity contribution in [2.75, 3.05) is 13.1 Å². The number of likely N-dealkylation sites (tertiary alicyclic amines) is 1. The molecule has 0 aliphatic carbocycles. The summed E-state index contributed by atoms with van der Waals surface area (Å²) < 4.78 is 5.30. The fourth-order valence-electron chi connectivity index (χ4n) is 2.63. The number of hydrogen-bond acceptors (Lipinski definition) is 5. The molecule has 21 heavy (non-hydrogen) atoms. The molecular formula is C15H18ClN3O2. The third kappa shape index (κ3) is 3.26. The standard InChI is InChI=1S/C15H18ClN3O2/c1-10-8-19(7-6-13(10)20)9-14-17-15(21-18-14)11-4-2-3-5-12(11)16/h2-5,10,13,20H,6-9H2,1H3. The van der Waals surface area contributed by atoms with Gasteiger partial charge in [-0.3, -0.25) is 4.90 Å². The molecule has 1 N–H and O–H groups in total. The normalized spacial score (nSPS) is 23.4. The maximum atomic E-state index is 9.75. The van der Waals surface area contributed by atoms with Crippen LogP contribution in [0.25, 0.3) is 11.5 Å². The van der Waals surface area contributed by atoms with Gasteiger partial charge in [0.15, 0.2) is 5.82 Å². The Kier molecular flexibility index (Phi) is 4.24. The molecule has 5 nitrogen and oxygen atoms in total. The summed E-state index contributed by atoms with van der Waals surface area (Å²) in [4.78, 5) is 6.65. The number of rotatable bonds is 3. The average Bonchev–Trinajstić information content (AvgIpc) is 2.92. The van der Waals surface area contributed by atoms with Gasteiger partial charge in [0.2, 0.25) is 0 Å². The van der Waals surface area contributed by atoms with Crippen LogP contribution in [0.5, 0.6) is 0 Å². The fourth-order valence-corrected chi connectivity index (χ4v) is 2.84. The lowest BCUT2D eigenvalue weighted by molar-refractivity contribution is 0.0308. The highest BCUT2D eigenvalue weighted by molar-refractivity contribution is 6.33. The molecule has 2 aromatic rings. The van der Waals surface area contributed by atoms with Crippen LogP contribution in [0.2, 0.25) is 5.02 Å². The van der Waals surface area contributed by atoms with Crippen LogP contribution in [-0.4, -0.2) is 39.3 Å². The third-order valence-corrected chi connectivity index (χ3v) is 4.21. The van der Waals surface area contributed by atoms with Crippen molar-refractivity contribution in [2.24, 2.45) is 5.92 Å². The number of hydrogen-bond donors (Lipinski definition) is 1. The van der Waals surface area contributed by atoms with Crippen molar-refractivity contribution in [3.63, 3.8) is 0 Å². The Morgan fingerprint density at radius 1 is 1.43 bits per heavy atom. The SMILES string of the molecule is CC1CN(Cc2noc(-c3ccccc3Cl)n2)CCC1O. The first kappa shape index (κ1) is 14.5. The number of benzene rings is 1. The molecule has 1 aromatic carbocycles. The van der Waals surface area contributed by atoms with Gasteiger partial charge >= 0.3 is 0 Å². The van der Waals surface area contributed by atoms with Crippen molar-refractivity contribution in [2.45, 2.75) is 26.0 Å². The monoisotopic (exact) mass is 307 g/mol. The molecule has 2 heterocycles. The van der Waals surface area contributed by atoms with E-state index < -0.39 is 0 Å². The Morgan fingerprint density at radius 3 is 3.00 bits per heavy atom.